The molecule has 0 amide bonds. The minimum Gasteiger partial charge on any atom is -0.457 e. The summed E-state index contributed by atoms with van der Waals surface area (Å²) in [5.41, 5.74) is 0. The maximum absolute atomic E-state index is 12.5. The van der Waals surface area contributed by atoms with Crippen molar-refractivity contribution >= 4 is 5.97 Å². The van der Waals surface area contributed by atoms with Crippen molar-refractivity contribution in [3.63, 3.8) is 0 Å². The number of carbonyl (C=O) groups is 1. The molecular formula is C39H66O32. The Morgan fingerprint density at radius 3 is 1.00 bits per heavy atom. The molecule has 6 fully saturated rings. The van der Waals surface area contributed by atoms with Gasteiger partial charge in [-0.2, -0.15) is 0 Å². The van der Waals surface area contributed by atoms with Crippen molar-refractivity contribution < 1.29 is 158 Å². The van der Waals surface area contributed by atoms with Gasteiger partial charge in [0.25, 0.3) is 0 Å². The normalized spacial score (nSPS) is 50.9. The lowest BCUT2D eigenvalue weighted by molar-refractivity contribution is -0.396. The van der Waals surface area contributed by atoms with Crippen molar-refractivity contribution in [2.45, 2.75) is 191 Å². The van der Waals surface area contributed by atoms with Crippen LogP contribution >= 0.6 is 0 Å². The summed E-state index contributed by atoms with van der Waals surface area (Å²) in [7, 11) is 1.08. The van der Waals surface area contributed by atoms with Crippen LogP contribution in [0.3, 0.4) is 0 Å². The zero-order valence-corrected chi connectivity index (χ0v) is 37.8. The molecule has 0 aromatic carbocycles. The summed E-state index contributed by atoms with van der Waals surface area (Å²) in [5, 5.41) is 189. The number of aliphatic hydroxyl groups excluding tert-OH is 18. The Hall–Kier alpha value is -1.73. The molecule has 0 spiro atoms. The first-order chi connectivity index (χ1) is 33.7. The summed E-state index contributed by atoms with van der Waals surface area (Å²) in [6.07, 6.45) is -55.0. The average molecular weight is 1050 g/mol. The molecule has 6 rings (SSSR count). The molecule has 0 radical (unpaired) electrons. The van der Waals surface area contributed by atoms with Crippen LogP contribution in [-0.2, 0) is 66.4 Å². The smallest absolute Gasteiger partial charge is 0.303 e. The third kappa shape index (κ3) is 12.3. The van der Waals surface area contributed by atoms with Crippen molar-refractivity contribution in [3.8, 4) is 0 Å². The molecule has 414 valence electrons. The molecule has 30 atom stereocenters. The summed E-state index contributed by atoms with van der Waals surface area (Å²) in [6.45, 7) is -4.64. The van der Waals surface area contributed by atoms with Crippen molar-refractivity contribution in [1.82, 2.24) is 0 Å². The van der Waals surface area contributed by atoms with E-state index in [1.165, 1.54) is 0 Å². The molecule has 71 heavy (non-hydrogen) atoms. The van der Waals surface area contributed by atoms with Crippen molar-refractivity contribution in [1.29, 1.82) is 0 Å². The molecule has 18 N–H and O–H groups in total. The number of rotatable bonds is 18. The molecule has 32 heteroatoms. The van der Waals surface area contributed by atoms with Gasteiger partial charge in [-0.05, 0) is 0 Å². The summed E-state index contributed by atoms with van der Waals surface area (Å²) in [5.74, 6) is -0.984. The van der Waals surface area contributed by atoms with Gasteiger partial charge in [-0.25, -0.2) is 0 Å². The molecule has 6 heterocycles. The van der Waals surface area contributed by atoms with E-state index in [2.05, 4.69) is 0 Å². The highest BCUT2D eigenvalue weighted by atomic mass is 16.8. The average Bonchev–Trinajstić information content (AvgIpc) is 3.35. The summed E-state index contributed by atoms with van der Waals surface area (Å²) < 4.78 is 73.1. The number of esters is 1. The predicted molar refractivity (Wildman–Crippen MR) is 213 cm³/mol. The van der Waals surface area contributed by atoms with Gasteiger partial charge in [-0.1, -0.05) is 0 Å². The molecule has 0 aromatic rings. The topological polar surface area (TPSA) is 501 Å². The summed E-state index contributed by atoms with van der Waals surface area (Å²) in [6, 6.07) is 0. The second-order valence-corrected chi connectivity index (χ2v) is 17.5. The van der Waals surface area contributed by atoms with Crippen molar-refractivity contribution in [3.05, 3.63) is 0 Å². The second-order valence-electron chi connectivity index (χ2n) is 17.5. The highest BCUT2D eigenvalue weighted by Gasteiger charge is 2.58. The van der Waals surface area contributed by atoms with E-state index in [0.29, 0.717) is 0 Å². The fraction of sp³-hybridized carbons (Fsp3) is 0.974. The molecule has 0 aromatic heterocycles. The van der Waals surface area contributed by atoms with Gasteiger partial charge in [0.1, 0.15) is 140 Å². The first kappa shape index (κ1) is 58.5. The Kier molecular flexibility index (Phi) is 20.9. The molecule has 0 bridgehead atoms. The van der Waals surface area contributed by atoms with Crippen LogP contribution in [0.5, 0.6) is 0 Å². The standard InChI is InChI=1S/C39H66O32/c1-9(46)60-32-31(15(8-45)66-39(33(32)59-2)70-30-14(7-44)64-36(25(56)21(30)52)67-27-11(4-41)61-34(58)22(53)18(27)49)71-38-26(57)20(51)29(13(6-43)65-38)69-37-24(55)19(50)28(12(5-42)63-37)68-35-23(54)17(48)16(47)10(3-40)62-35/h10-45,47-58H,3-8H2,1-2H3. The lowest BCUT2D eigenvalue weighted by Crippen LogP contribution is -2.68. The molecule has 30 unspecified atom stereocenters. The highest BCUT2D eigenvalue weighted by molar-refractivity contribution is 5.66. The van der Waals surface area contributed by atoms with Crippen molar-refractivity contribution in [2.24, 2.45) is 0 Å². The molecular weight excluding hydrogens is 980 g/mol. The van der Waals surface area contributed by atoms with E-state index in [0.717, 1.165) is 14.0 Å². The van der Waals surface area contributed by atoms with Crippen LogP contribution in [0.15, 0.2) is 0 Å². The minimum atomic E-state index is -2.17. The molecule has 6 aliphatic rings. The quantitative estimate of drug-likeness (QED) is 0.0567. The zero-order valence-electron chi connectivity index (χ0n) is 37.8. The van der Waals surface area contributed by atoms with Gasteiger partial charge in [0, 0.05) is 14.0 Å². The van der Waals surface area contributed by atoms with Crippen LogP contribution in [-0.4, -0.2) is 329 Å². The molecule has 0 saturated carbocycles. The fourth-order valence-corrected chi connectivity index (χ4v) is 9.06. The molecule has 6 saturated heterocycles. The number of carbonyl (C=O) groups excluding carboxylic acids is 1. The van der Waals surface area contributed by atoms with E-state index in [9.17, 15) is 96.7 Å². The van der Waals surface area contributed by atoms with Gasteiger partial charge in [0.15, 0.2) is 43.8 Å². The van der Waals surface area contributed by atoms with Gasteiger partial charge in [0.05, 0.1) is 39.6 Å². The van der Waals surface area contributed by atoms with Gasteiger partial charge in [-0.15, -0.1) is 0 Å². The molecule has 32 nitrogen and oxygen atoms in total. The second kappa shape index (κ2) is 25.4. The zero-order chi connectivity index (χ0) is 52.3. The largest absolute Gasteiger partial charge is 0.457 e. The maximum Gasteiger partial charge on any atom is 0.303 e. The minimum absolute atomic E-state index is 0.832. The Bertz CT molecular complexity index is 1630. The number of methoxy groups -OCH3 is 1. The first-order valence-electron chi connectivity index (χ1n) is 22.4. The molecule has 6 aliphatic heterocycles. The van der Waals surface area contributed by atoms with Crippen LogP contribution in [0, 0.1) is 0 Å². The van der Waals surface area contributed by atoms with Gasteiger partial charge in [0.2, 0.25) is 0 Å². The van der Waals surface area contributed by atoms with E-state index in [4.69, 9.17) is 61.6 Å². The lowest BCUT2D eigenvalue weighted by atomic mass is 9.95. The monoisotopic (exact) mass is 1050 g/mol. The van der Waals surface area contributed by atoms with Crippen molar-refractivity contribution in [2.75, 3.05) is 46.8 Å². The number of hydrogen-bond donors (Lipinski definition) is 18. The summed E-state index contributed by atoms with van der Waals surface area (Å²) in [4.78, 5) is 12.5. The fourth-order valence-electron chi connectivity index (χ4n) is 9.06. The Balaban J connectivity index is 1.13. The Morgan fingerprint density at radius 2 is 0.634 bits per heavy atom. The van der Waals surface area contributed by atoms with Crippen LogP contribution in [0.2, 0.25) is 0 Å². The third-order valence-electron chi connectivity index (χ3n) is 13.0. The third-order valence-corrected chi connectivity index (χ3v) is 13.0. The van der Waals surface area contributed by atoms with Crippen LogP contribution in [0.4, 0.5) is 0 Å². The predicted octanol–water partition coefficient (Wildman–Crippen LogP) is -12.9. The van der Waals surface area contributed by atoms with Gasteiger partial charge in [-0.3, -0.25) is 4.79 Å². The summed E-state index contributed by atoms with van der Waals surface area (Å²) >= 11 is 0. The number of ether oxygens (including phenoxy) is 13. The Labute approximate surface area is 402 Å². The van der Waals surface area contributed by atoms with Crippen LogP contribution in [0.25, 0.3) is 0 Å². The number of hydrogen-bond acceptors (Lipinski definition) is 32. The molecule has 0 aliphatic carbocycles. The Morgan fingerprint density at radius 1 is 0.338 bits per heavy atom. The van der Waals surface area contributed by atoms with E-state index in [1.54, 1.807) is 0 Å². The van der Waals surface area contributed by atoms with E-state index >= 15 is 0 Å². The van der Waals surface area contributed by atoms with Gasteiger partial charge < -0.3 is 153 Å². The highest BCUT2D eigenvalue weighted by Crippen LogP contribution is 2.38. The van der Waals surface area contributed by atoms with Crippen LogP contribution < -0.4 is 0 Å². The number of aliphatic hydroxyl groups is 18. The van der Waals surface area contributed by atoms with E-state index in [-0.39, 0.29) is 0 Å². The van der Waals surface area contributed by atoms with Crippen LogP contribution in [0.1, 0.15) is 6.92 Å². The SMILES string of the molecule is COC1C(OC2C(CO)OC(OC3C(CO)OC(O)C(O)C3O)C(O)C2O)OC(CO)C(OC2OC(CO)C(OC3OC(CO)C(OC4OC(CO)C(O)C(O)C4O)C(O)C3O)C(O)C2O)C1OC(C)=O. The van der Waals surface area contributed by atoms with E-state index < -0.39 is 230 Å². The van der Waals surface area contributed by atoms with E-state index in [1.807, 2.05) is 0 Å². The first-order valence-corrected chi connectivity index (χ1v) is 22.4. The van der Waals surface area contributed by atoms with Gasteiger partial charge >= 0.3 is 5.97 Å². The lowest BCUT2D eigenvalue weighted by Gasteiger charge is -2.50. The maximum atomic E-state index is 12.5.